The first-order valence-corrected chi connectivity index (χ1v) is 6.99. The zero-order chi connectivity index (χ0) is 14.9. The summed E-state index contributed by atoms with van der Waals surface area (Å²) in [7, 11) is 0. The molecule has 0 aliphatic heterocycles. The number of hydrogen-bond acceptors (Lipinski definition) is 3. The molecule has 0 aromatic heterocycles. The van der Waals surface area contributed by atoms with E-state index in [1.165, 1.54) is 0 Å². The Balaban J connectivity index is 0.00000242. The third-order valence-corrected chi connectivity index (χ3v) is 3.14. The molecule has 4 nitrogen and oxygen atoms in total. The molecule has 2 aromatic carbocycles. The van der Waals surface area contributed by atoms with E-state index >= 15 is 0 Å². The van der Waals surface area contributed by atoms with E-state index in [0.29, 0.717) is 13.0 Å². The highest BCUT2D eigenvalue weighted by molar-refractivity contribution is 5.85. The normalized spacial score (nSPS) is 11.1. The van der Waals surface area contributed by atoms with Crippen LogP contribution < -0.4 is 11.1 Å². The van der Waals surface area contributed by atoms with Crippen molar-refractivity contribution in [1.82, 2.24) is 5.32 Å². The minimum atomic E-state index is -0.440. The number of halogens is 1. The molecule has 2 aromatic rings. The van der Waals surface area contributed by atoms with Gasteiger partial charge in [-0.15, -0.1) is 12.4 Å². The summed E-state index contributed by atoms with van der Waals surface area (Å²) in [5.41, 5.74) is 7.80. The Morgan fingerprint density at radius 2 is 1.55 bits per heavy atom. The van der Waals surface area contributed by atoms with Crippen LogP contribution in [0.25, 0.3) is 0 Å². The lowest BCUT2D eigenvalue weighted by Crippen LogP contribution is -2.41. The summed E-state index contributed by atoms with van der Waals surface area (Å²) < 4.78 is 5.19. The minimum Gasteiger partial charge on any atom is -0.445 e. The number of amides is 1. The number of carbonyl (C=O) groups excluding carboxylic acids is 1. The number of ether oxygens (including phenoxy) is 1. The topological polar surface area (TPSA) is 64.3 Å². The van der Waals surface area contributed by atoms with Gasteiger partial charge >= 0.3 is 6.09 Å². The number of benzene rings is 2. The van der Waals surface area contributed by atoms with Gasteiger partial charge in [0, 0.05) is 12.6 Å². The summed E-state index contributed by atoms with van der Waals surface area (Å²) >= 11 is 0. The van der Waals surface area contributed by atoms with Crippen LogP contribution in [0, 0.1) is 0 Å². The Labute approximate surface area is 137 Å². The Hall–Kier alpha value is -2.04. The van der Waals surface area contributed by atoms with Crippen LogP contribution >= 0.6 is 12.4 Å². The van der Waals surface area contributed by atoms with Gasteiger partial charge in [-0.3, -0.25) is 0 Å². The van der Waals surface area contributed by atoms with Crippen LogP contribution in [0.2, 0.25) is 0 Å². The number of carbonyl (C=O) groups is 1. The van der Waals surface area contributed by atoms with E-state index in [0.717, 1.165) is 11.1 Å². The first-order valence-electron chi connectivity index (χ1n) is 6.99. The standard InChI is InChI=1S/C17H20N2O2.ClH/c18-12-16(11-14-7-3-1-4-8-14)19-17(20)21-13-15-9-5-2-6-10-15;/h1-10,16H,11-13,18H2,(H,19,20);1H/t16-;/m0./s1. The minimum absolute atomic E-state index is 0. The van der Waals surface area contributed by atoms with Crippen molar-refractivity contribution in [3.05, 3.63) is 71.8 Å². The molecule has 0 aliphatic carbocycles. The fourth-order valence-corrected chi connectivity index (χ4v) is 2.02. The highest BCUT2D eigenvalue weighted by atomic mass is 35.5. The predicted molar refractivity (Wildman–Crippen MR) is 90.0 cm³/mol. The molecule has 0 saturated carbocycles. The van der Waals surface area contributed by atoms with Crippen LogP contribution in [0.1, 0.15) is 11.1 Å². The number of hydrogen-bond donors (Lipinski definition) is 2. The second-order valence-corrected chi connectivity index (χ2v) is 4.83. The van der Waals surface area contributed by atoms with Gasteiger partial charge in [0.15, 0.2) is 0 Å². The molecule has 1 atom stereocenters. The quantitative estimate of drug-likeness (QED) is 0.860. The SMILES string of the molecule is Cl.NC[C@H](Cc1ccccc1)NC(=O)OCc1ccccc1. The Bertz CT molecular complexity index is 549. The zero-order valence-electron chi connectivity index (χ0n) is 12.3. The second-order valence-electron chi connectivity index (χ2n) is 4.83. The summed E-state index contributed by atoms with van der Waals surface area (Å²) in [4.78, 5) is 11.8. The maximum Gasteiger partial charge on any atom is 0.407 e. The lowest BCUT2D eigenvalue weighted by atomic mass is 10.1. The number of alkyl carbamates (subject to hydrolysis) is 1. The Kier molecular flexibility index (Phi) is 8.04. The summed E-state index contributed by atoms with van der Waals surface area (Å²) in [5, 5.41) is 2.80. The maximum atomic E-state index is 11.8. The average molecular weight is 321 g/mol. The fraction of sp³-hybridized carbons (Fsp3) is 0.235. The fourth-order valence-electron chi connectivity index (χ4n) is 2.02. The van der Waals surface area contributed by atoms with E-state index in [9.17, 15) is 4.79 Å². The molecule has 0 radical (unpaired) electrons. The van der Waals surface area contributed by atoms with Gasteiger partial charge in [0.25, 0.3) is 0 Å². The van der Waals surface area contributed by atoms with E-state index in [2.05, 4.69) is 5.32 Å². The van der Waals surface area contributed by atoms with E-state index in [4.69, 9.17) is 10.5 Å². The van der Waals surface area contributed by atoms with Gasteiger partial charge in [-0.2, -0.15) is 0 Å². The molecule has 0 aliphatic rings. The largest absolute Gasteiger partial charge is 0.445 e. The van der Waals surface area contributed by atoms with Crippen molar-refractivity contribution in [3.63, 3.8) is 0 Å². The summed E-state index contributed by atoms with van der Waals surface area (Å²) in [6.45, 7) is 0.630. The molecule has 0 bridgehead atoms. The molecule has 5 heteroatoms. The molecular weight excluding hydrogens is 300 g/mol. The van der Waals surface area contributed by atoms with Crippen LogP contribution in [-0.2, 0) is 17.8 Å². The number of nitrogens with two attached hydrogens (primary N) is 1. The lowest BCUT2D eigenvalue weighted by Gasteiger charge is -2.16. The van der Waals surface area contributed by atoms with Crippen molar-refractivity contribution in [2.45, 2.75) is 19.1 Å². The first-order chi connectivity index (χ1) is 10.3. The molecule has 1 amide bonds. The van der Waals surface area contributed by atoms with Gasteiger partial charge in [0.2, 0.25) is 0 Å². The molecule has 0 heterocycles. The second kappa shape index (κ2) is 9.82. The van der Waals surface area contributed by atoms with Gasteiger partial charge < -0.3 is 15.8 Å². The van der Waals surface area contributed by atoms with Crippen molar-refractivity contribution >= 4 is 18.5 Å². The Morgan fingerprint density at radius 1 is 1.00 bits per heavy atom. The highest BCUT2D eigenvalue weighted by Crippen LogP contribution is 2.04. The van der Waals surface area contributed by atoms with Crippen molar-refractivity contribution in [2.24, 2.45) is 5.73 Å². The highest BCUT2D eigenvalue weighted by Gasteiger charge is 2.12. The van der Waals surface area contributed by atoms with Crippen LogP contribution in [0.4, 0.5) is 4.79 Å². The third-order valence-electron chi connectivity index (χ3n) is 3.14. The van der Waals surface area contributed by atoms with Crippen molar-refractivity contribution in [2.75, 3.05) is 6.54 Å². The monoisotopic (exact) mass is 320 g/mol. The van der Waals surface area contributed by atoms with Crippen molar-refractivity contribution in [1.29, 1.82) is 0 Å². The van der Waals surface area contributed by atoms with Crippen LogP contribution in [0.15, 0.2) is 60.7 Å². The molecule has 0 fully saturated rings. The van der Waals surface area contributed by atoms with Crippen LogP contribution in [0.3, 0.4) is 0 Å². The molecule has 0 spiro atoms. The smallest absolute Gasteiger partial charge is 0.407 e. The van der Waals surface area contributed by atoms with E-state index in [1.807, 2.05) is 60.7 Å². The molecule has 118 valence electrons. The van der Waals surface area contributed by atoms with Crippen LogP contribution in [-0.4, -0.2) is 18.7 Å². The summed E-state index contributed by atoms with van der Waals surface area (Å²) in [5.74, 6) is 0. The molecule has 0 unspecified atom stereocenters. The molecule has 3 N–H and O–H groups in total. The molecule has 22 heavy (non-hydrogen) atoms. The molecule has 2 rings (SSSR count). The van der Waals surface area contributed by atoms with Crippen LogP contribution in [0.5, 0.6) is 0 Å². The van der Waals surface area contributed by atoms with E-state index < -0.39 is 6.09 Å². The third kappa shape index (κ3) is 6.16. The summed E-state index contributed by atoms with van der Waals surface area (Å²) in [6, 6.07) is 19.4. The molecular formula is C17H21ClN2O2. The van der Waals surface area contributed by atoms with Crippen molar-refractivity contribution in [3.8, 4) is 0 Å². The lowest BCUT2D eigenvalue weighted by molar-refractivity contribution is 0.136. The van der Waals surface area contributed by atoms with Crippen molar-refractivity contribution < 1.29 is 9.53 Å². The predicted octanol–water partition coefficient (Wildman–Crippen LogP) is 2.90. The van der Waals surface area contributed by atoms with Gasteiger partial charge in [0.1, 0.15) is 6.61 Å². The zero-order valence-corrected chi connectivity index (χ0v) is 13.1. The van der Waals surface area contributed by atoms with E-state index in [1.54, 1.807) is 0 Å². The number of nitrogens with one attached hydrogen (secondary N) is 1. The summed E-state index contributed by atoms with van der Waals surface area (Å²) in [6.07, 6.45) is 0.253. The van der Waals surface area contributed by atoms with Gasteiger partial charge in [0.05, 0.1) is 0 Å². The maximum absolute atomic E-state index is 11.8. The number of rotatable bonds is 6. The first kappa shape index (κ1) is 18.0. The van der Waals surface area contributed by atoms with Gasteiger partial charge in [-0.05, 0) is 17.5 Å². The van der Waals surface area contributed by atoms with Gasteiger partial charge in [-0.25, -0.2) is 4.79 Å². The molecule has 0 saturated heterocycles. The van der Waals surface area contributed by atoms with Gasteiger partial charge in [-0.1, -0.05) is 60.7 Å². The average Bonchev–Trinajstić information content (AvgIpc) is 2.54. The van der Waals surface area contributed by atoms with E-state index in [-0.39, 0.29) is 25.1 Å². The Morgan fingerprint density at radius 3 is 2.09 bits per heavy atom.